The second-order valence-corrected chi connectivity index (χ2v) is 5.50. The number of fused-ring (bicyclic) bond motifs is 1. The number of rotatable bonds is 6. The molecule has 0 aromatic heterocycles. The first kappa shape index (κ1) is 17.1. The molecule has 1 aliphatic rings. The van der Waals surface area contributed by atoms with E-state index in [1.807, 2.05) is 0 Å². The van der Waals surface area contributed by atoms with E-state index in [-0.39, 0.29) is 31.9 Å². The van der Waals surface area contributed by atoms with Gasteiger partial charge in [-0.2, -0.15) is 0 Å². The second kappa shape index (κ2) is 7.32. The number of hydrogen-bond donors (Lipinski definition) is 2. The Morgan fingerprint density at radius 2 is 2.22 bits per heavy atom. The Balaban J connectivity index is 2.03. The molecular weight excluding hydrogens is 324 g/mol. The van der Waals surface area contributed by atoms with Crippen molar-refractivity contribution in [2.75, 3.05) is 18.1 Å². The Morgan fingerprint density at radius 1 is 1.48 bits per heavy atom. The first-order valence-corrected chi connectivity index (χ1v) is 7.55. The SMILES string of the molecule is CCC(NC(=O)CCN1C(=O)COc2ccc(Cl)cc21)C(=O)O. The van der Waals surface area contributed by atoms with Gasteiger partial charge in [0.05, 0.1) is 5.69 Å². The fourth-order valence-corrected chi connectivity index (χ4v) is 2.41. The van der Waals surface area contributed by atoms with Crippen LogP contribution in [-0.4, -0.2) is 42.1 Å². The molecule has 8 heteroatoms. The minimum atomic E-state index is -1.08. The lowest BCUT2D eigenvalue weighted by atomic mass is 10.2. The number of amides is 2. The van der Waals surface area contributed by atoms with Crippen molar-refractivity contribution < 1.29 is 24.2 Å². The van der Waals surface area contributed by atoms with Crippen molar-refractivity contribution in [3.63, 3.8) is 0 Å². The molecule has 0 fully saturated rings. The number of ether oxygens (including phenoxy) is 1. The van der Waals surface area contributed by atoms with Crippen LogP contribution in [0.1, 0.15) is 19.8 Å². The quantitative estimate of drug-likeness (QED) is 0.816. The summed E-state index contributed by atoms with van der Waals surface area (Å²) in [5.41, 5.74) is 0.506. The third kappa shape index (κ3) is 4.13. The summed E-state index contributed by atoms with van der Waals surface area (Å²) < 4.78 is 5.31. The molecule has 0 aliphatic carbocycles. The van der Waals surface area contributed by atoms with Gasteiger partial charge in [0.1, 0.15) is 11.8 Å². The van der Waals surface area contributed by atoms with Crippen LogP contribution in [0.25, 0.3) is 0 Å². The van der Waals surface area contributed by atoms with E-state index in [0.29, 0.717) is 16.5 Å². The number of carbonyl (C=O) groups excluding carboxylic acids is 2. The van der Waals surface area contributed by atoms with Crippen LogP contribution in [0.3, 0.4) is 0 Å². The zero-order valence-corrected chi connectivity index (χ0v) is 13.3. The lowest BCUT2D eigenvalue weighted by molar-refractivity contribution is -0.141. The predicted octanol–water partition coefficient (Wildman–Crippen LogP) is 1.43. The average molecular weight is 341 g/mol. The molecule has 7 nitrogen and oxygen atoms in total. The van der Waals surface area contributed by atoms with Gasteiger partial charge in [-0.1, -0.05) is 18.5 Å². The average Bonchev–Trinajstić information content (AvgIpc) is 2.51. The standard InChI is InChI=1S/C15H17ClN2O5/c1-2-10(15(21)22)17-13(19)5-6-18-11-7-9(16)3-4-12(11)23-8-14(18)20/h3-4,7,10H,2,5-6,8H2,1H3,(H,17,19)(H,21,22). The molecule has 2 N–H and O–H groups in total. The lowest BCUT2D eigenvalue weighted by Gasteiger charge is -2.29. The normalized spacial score (nSPS) is 14.7. The molecule has 1 unspecified atom stereocenters. The summed E-state index contributed by atoms with van der Waals surface area (Å²) in [5, 5.41) is 11.8. The molecule has 1 heterocycles. The highest BCUT2D eigenvalue weighted by molar-refractivity contribution is 6.31. The van der Waals surface area contributed by atoms with Crippen molar-refractivity contribution >= 4 is 35.1 Å². The van der Waals surface area contributed by atoms with E-state index in [9.17, 15) is 14.4 Å². The molecule has 1 aromatic carbocycles. The first-order chi connectivity index (χ1) is 10.9. The second-order valence-electron chi connectivity index (χ2n) is 5.06. The summed E-state index contributed by atoms with van der Waals surface area (Å²) in [6.45, 7) is 1.68. The number of aliphatic carboxylic acids is 1. The number of carboxylic acids is 1. The fraction of sp³-hybridized carbons (Fsp3) is 0.400. The summed E-state index contributed by atoms with van der Waals surface area (Å²) in [5.74, 6) is -1.27. The van der Waals surface area contributed by atoms with Crippen molar-refractivity contribution in [3.8, 4) is 5.75 Å². The summed E-state index contributed by atoms with van der Waals surface area (Å²) in [6.07, 6.45) is 0.275. The highest BCUT2D eigenvalue weighted by Gasteiger charge is 2.26. The van der Waals surface area contributed by atoms with Gasteiger partial charge in [0.2, 0.25) is 5.91 Å². The van der Waals surface area contributed by atoms with Crippen LogP contribution in [0, 0.1) is 0 Å². The molecule has 1 atom stereocenters. The molecule has 0 spiro atoms. The number of hydrogen-bond acceptors (Lipinski definition) is 4. The smallest absolute Gasteiger partial charge is 0.326 e. The molecular formula is C15H17ClN2O5. The van der Waals surface area contributed by atoms with Crippen LogP contribution in [0.2, 0.25) is 5.02 Å². The minimum absolute atomic E-state index is 0.0124. The van der Waals surface area contributed by atoms with Gasteiger partial charge in [-0.15, -0.1) is 0 Å². The summed E-state index contributed by atoms with van der Waals surface area (Å²) in [7, 11) is 0. The third-order valence-corrected chi connectivity index (χ3v) is 3.70. The lowest BCUT2D eigenvalue weighted by Crippen LogP contribution is -2.44. The summed E-state index contributed by atoms with van der Waals surface area (Å²) >= 11 is 5.94. The largest absolute Gasteiger partial charge is 0.482 e. The van der Waals surface area contributed by atoms with Gasteiger partial charge in [0, 0.05) is 18.0 Å². The van der Waals surface area contributed by atoms with Crippen LogP contribution < -0.4 is 15.0 Å². The van der Waals surface area contributed by atoms with Gasteiger partial charge < -0.3 is 20.1 Å². The highest BCUT2D eigenvalue weighted by atomic mass is 35.5. The van der Waals surface area contributed by atoms with E-state index in [1.54, 1.807) is 25.1 Å². The third-order valence-electron chi connectivity index (χ3n) is 3.47. The van der Waals surface area contributed by atoms with E-state index < -0.39 is 17.9 Å². The Labute approximate surface area is 138 Å². The van der Waals surface area contributed by atoms with Gasteiger partial charge in [-0.3, -0.25) is 9.59 Å². The topological polar surface area (TPSA) is 95.9 Å². The monoisotopic (exact) mass is 340 g/mol. The molecule has 0 saturated carbocycles. The maximum atomic E-state index is 12.0. The molecule has 1 aromatic rings. The molecule has 0 radical (unpaired) electrons. The molecule has 2 amide bonds. The number of nitrogens with zero attached hydrogens (tertiary/aromatic N) is 1. The number of halogens is 1. The fourth-order valence-electron chi connectivity index (χ4n) is 2.24. The van der Waals surface area contributed by atoms with Crippen LogP contribution in [0.15, 0.2) is 18.2 Å². The van der Waals surface area contributed by atoms with Crippen molar-refractivity contribution in [2.24, 2.45) is 0 Å². The molecule has 0 bridgehead atoms. The molecule has 2 rings (SSSR count). The van der Waals surface area contributed by atoms with E-state index in [0.717, 1.165) is 0 Å². The van der Waals surface area contributed by atoms with E-state index in [4.69, 9.17) is 21.4 Å². The number of nitrogens with one attached hydrogen (secondary N) is 1. The zero-order chi connectivity index (χ0) is 17.0. The molecule has 23 heavy (non-hydrogen) atoms. The summed E-state index contributed by atoms with van der Waals surface area (Å²) in [6, 6.07) is 3.98. The van der Waals surface area contributed by atoms with Crippen LogP contribution in [-0.2, 0) is 14.4 Å². The molecule has 0 saturated heterocycles. The Hall–Kier alpha value is -2.28. The van der Waals surface area contributed by atoms with Crippen LogP contribution in [0.4, 0.5) is 5.69 Å². The van der Waals surface area contributed by atoms with Crippen LogP contribution in [0.5, 0.6) is 5.75 Å². The zero-order valence-electron chi connectivity index (χ0n) is 12.5. The number of anilines is 1. The van der Waals surface area contributed by atoms with Crippen molar-refractivity contribution in [1.29, 1.82) is 0 Å². The summed E-state index contributed by atoms with van der Waals surface area (Å²) in [4.78, 5) is 36.2. The highest BCUT2D eigenvalue weighted by Crippen LogP contribution is 2.34. The Bertz CT molecular complexity index is 634. The van der Waals surface area contributed by atoms with Crippen molar-refractivity contribution in [2.45, 2.75) is 25.8 Å². The van der Waals surface area contributed by atoms with Gasteiger partial charge in [0.25, 0.3) is 5.91 Å². The maximum Gasteiger partial charge on any atom is 0.326 e. The Morgan fingerprint density at radius 3 is 2.87 bits per heavy atom. The van der Waals surface area contributed by atoms with Gasteiger partial charge in [0.15, 0.2) is 6.61 Å². The van der Waals surface area contributed by atoms with E-state index in [2.05, 4.69) is 5.32 Å². The Kier molecular flexibility index (Phi) is 5.44. The minimum Gasteiger partial charge on any atom is -0.482 e. The van der Waals surface area contributed by atoms with Gasteiger partial charge in [-0.25, -0.2) is 4.79 Å². The van der Waals surface area contributed by atoms with Gasteiger partial charge in [-0.05, 0) is 24.6 Å². The number of carbonyl (C=O) groups is 3. The first-order valence-electron chi connectivity index (χ1n) is 7.17. The number of carboxylic acid groups (broad SMARTS) is 1. The van der Waals surface area contributed by atoms with Crippen molar-refractivity contribution in [3.05, 3.63) is 23.2 Å². The molecule has 124 valence electrons. The predicted molar refractivity (Wildman–Crippen MR) is 83.8 cm³/mol. The van der Waals surface area contributed by atoms with E-state index in [1.165, 1.54) is 4.90 Å². The van der Waals surface area contributed by atoms with Gasteiger partial charge >= 0.3 is 5.97 Å². The molecule has 1 aliphatic heterocycles. The maximum absolute atomic E-state index is 12.0. The van der Waals surface area contributed by atoms with Crippen molar-refractivity contribution in [1.82, 2.24) is 5.32 Å². The van der Waals surface area contributed by atoms with E-state index >= 15 is 0 Å². The number of benzene rings is 1. The van der Waals surface area contributed by atoms with Crippen LogP contribution >= 0.6 is 11.6 Å².